The van der Waals surface area contributed by atoms with E-state index >= 15 is 0 Å². The van der Waals surface area contributed by atoms with Gasteiger partial charge in [0.1, 0.15) is 0 Å². The van der Waals surface area contributed by atoms with Crippen LogP contribution < -0.4 is 0 Å². The molecule has 2 heteroatoms. The lowest BCUT2D eigenvalue weighted by molar-refractivity contribution is 0.735. The Morgan fingerprint density at radius 2 is 1.35 bits per heavy atom. The van der Waals surface area contributed by atoms with Crippen molar-refractivity contribution in [2.24, 2.45) is 0 Å². The maximum absolute atomic E-state index is 6.00. The molecule has 0 nitrogen and oxygen atoms in total. The quantitative estimate of drug-likeness (QED) is 0.618. The van der Waals surface area contributed by atoms with Crippen LogP contribution in [0.25, 0.3) is 0 Å². The molecule has 0 N–H and O–H groups in total. The van der Waals surface area contributed by atoms with Gasteiger partial charge < -0.3 is 0 Å². The molecule has 0 amide bonds. The van der Waals surface area contributed by atoms with Crippen LogP contribution in [-0.4, -0.2) is 0 Å². The monoisotopic (exact) mass is 270 g/mol. The van der Waals surface area contributed by atoms with Gasteiger partial charge in [0.25, 0.3) is 0 Å². The Morgan fingerprint density at radius 3 is 1.71 bits per heavy atom. The zero-order chi connectivity index (χ0) is 13.2. The van der Waals surface area contributed by atoms with Crippen LogP contribution in [0.4, 0.5) is 0 Å². The highest BCUT2D eigenvalue weighted by molar-refractivity contribution is 8.21. The third kappa shape index (κ3) is 3.20. The molecule has 0 fully saturated rings. The minimum atomic E-state index is 0.521. The molecule has 0 unspecified atom stereocenters. The maximum atomic E-state index is 6.00. The summed E-state index contributed by atoms with van der Waals surface area (Å²) in [5.41, 5.74) is 4.41. The predicted molar refractivity (Wildman–Crippen MR) is 80.4 cm³/mol. The normalized spacial score (nSPS) is 11.9. The molecule has 0 heterocycles. The van der Waals surface area contributed by atoms with Crippen molar-refractivity contribution in [1.29, 1.82) is 0 Å². The SMILES string of the molecule is CC(C)c1ccc(SCl)c(C(C)C)c1C(C)C. The largest absolute Gasteiger partial charge is 0.0587 e. The van der Waals surface area contributed by atoms with Gasteiger partial charge in [0.05, 0.1) is 0 Å². The first-order valence-electron chi connectivity index (χ1n) is 6.35. The highest BCUT2D eigenvalue weighted by atomic mass is 35.7. The molecule has 0 aliphatic carbocycles. The lowest BCUT2D eigenvalue weighted by Crippen LogP contribution is -2.06. The van der Waals surface area contributed by atoms with Gasteiger partial charge in [-0.15, -0.1) is 0 Å². The smallest absolute Gasteiger partial charge is 0.0271 e. The van der Waals surface area contributed by atoms with E-state index in [1.807, 2.05) is 0 Å². The number of hydrogen-bond donors (Lipinski definition) is 0. The summed E-state index contributed by atoms with van der Waals surface area (Å²) in [7, 11) is 7.35. The van der Waals surface area contributed by atoms with Crippen molar-refractivity contribution in [3.8, 4) is 0 Å². The lowest BCUT2D eigenvalue weighted by atomic mass is 9.83. The second-order valence-corrected chi connectivity index (χ2v) is 6.58. The molecule has 0 spiro atoms. The zero-order valence-corrected chi connectivity index (χ0v) is 13.2. The standard InChI is InChI=1S/C15H23ClS/c1-9(2)12-7-8-13(17-16)15(11(5)6)14(12)10(3)4/h7-11H,1-6H3. The van der Waals surface area contributed by atoms with Crippen molar-refractivity contribution in [1.82, 2.24) is 0 Å². The van der Waals surface area contributed by atoms with Crippen LogP contribution in [0.15, 0.2) is 17.0 Å². The molecule has 0 bridgehead atoms. The molecular weight excluding hydrogens is 248 g/mol. The first kappa shape index (κ1) is 14.9. The van der Waals surface area contributed by atoms with E-state index in [4.69, 9.17) is 10.7 Å². The molecule has 1 aromatic carbocycles. The van der Waals surface area contributed by atoms with Crippen LogP contribution in [0.3, 0.4) is 0 Å². The Balaban J connectivity index is 3.53. The van der Waals surface area contributed by atoms with Crippen molar-refractivity contribution < 1.29 is 0 Å². The molecule has 0 saturated carbocycles. The molecule has 0 radical (unpaired) electrons. The van der Waals surface area contributed by atoms with E-state index < -0.39 is 0 Å². The second-order valence-electron chi connectivity index (χ2n) is 5.52. The minimum absolute atomic E-state index is 0.521. The van der Waals surface area contributed by atoms with Gasteiger partial charge in [-0.25, -0.2) is 0 Å². The fourth-order valence-electron chi connectivity index (χ4n) is 2.44. The van der Waals surface area contributed by atoms with Crippen LogP contribution in [-0.2, 0) is 0 Å². The Hall–Kier alpha value is -0.140. The van der Waals surface area contributed by atoms with Gasteiger partial charge in [-0.3, -0.25) is 0 Å². The maximum Gasteiger partial charge on any atom is 0.0271 e. The van der Waals surface area contributed by atoms with E-state index in [0.29, 0.717) is 17.8 Å². The van der Waals surface area contributed by atoms with Gasteiger partial charge >= 0.3 is 0 Å². The van der Waals surface area contributed by atoms with Gasteiger partial charge in [0.15, 0.2) is 0 Å². The molecule has 1 rings (SSSR count). The summed E-state index contributed by atoms with van der Waals surface area (Å²) in [5.74, 6) is 1.64. The molecule has 0 atom stereocenters. The van der Waals surface area contributed by atoms with Gasteiger partial charge in [-0.1, -0.05) is 47.6 Å². The molecule has 96 valence electrons. The molecule has 0 saturated heterocycles. The van der Waals surface area contributed by atoms with Crippen LogP contribution >= 0.6 is 21.7 Å². The zero-order valence-electron chi connectivity index (χ0n) is 11.7. The Labute approximate surface area is 115 Å². The first-order valence-corrected chi connectivity index (χ1v) is 7.99. The van der Waals surface area contributed by atoms with Crippen LogP contribution in [0.2, 0.25) is 0 Å². The average molecular weight is 271 g/mol. The number of hydrogen-bond acceptors (Lipinski definition) is 1. The highest BCUT2D eigenvalue weighted by Crippen LogP contribution is 2.40. The Morgan fingerprint density at radius 1 is 0.824 bits per heavy atom. The van der Waals surface area contributed by atoms with Gasteiger partial charge in [0, 0.05) is 4.90 Å². The average Bonchev–Trinajstić information content (AvgIpc) is 2.26. The summed E-state index contributed by atoms with van der Waals surface area (Å²) < 4.78 is 0. The van der Waals surface area contributed by atoms with E-state index in [-0.39, 0.29) is 0 Å². The third-order valence-electron chi connectivity index (χ3n) is 3.14. The molecular formula is C15H23ClS. The van der Waals surface area contributed by atoms with Crippen molar-refractivity contribution in [3.05, 3.63) is 28.8 Å². The fourth-order valence-corrected chi connectivity index (χ4v) is 3.40. The van der Waals surface area contributed by atoms with Crippen molar-refractivity contribution >= 4 is 21.7 Å². The van der Waals surface area contributed by atoms with E-state index in [0.717, 1.165) is 0 Å². The summed E-state index contributed by atoms with van der Waals surface area (Å²) in [6.07, 6.45) is 0. The number of rotatable bonds is 4. The lowest BCUT2D eigenvalue weighted by Gasteiger charge is -2.24. The Kier molecular flexibility index (Phi) is 5.40. The summed E-state index contributed by atoms with van der Waals surface area (Å²) in [5, 5.41) is 0. The van der Waals surface area contributed by atoms with Crippen molar-refractivity contribution in [3.63, 3.8) is 0 Å². The summed E-state index contributed by atoms with van der Waals surface area (Å²) >= 11 is 0. The summed E-state index contributed by atoms with van der Waals surface area (Å²) in [4.78, 5) is 1.22. The minimum Gasteiger partial charge on any atom is -0.0587 e. The molecule has 0 aromatic heterocycles. The number of benzene rings is 1. The molecule has 0 aliphatic rings. The van der Waals surface area contributed by atoms with E-state index in [1.54, 1.807) is 0 Å². The fraction of sp³-hybridized carbons (Fsp3) is 0.600. The van der Waals surface area contributed by atoms with E-state index in [2.05, 4.69) is 53.7 Å². The molecule has 1 aromatic rings. The van der Waals surface area contributed by atoms with Gasteiger partial charge in [0.2, 0.25) is 0 Å². The van der Waals surface area contributed by atoms with Gasteiger partial charge in [-0.2, -0.15) is 0 Å². The highest BCUT2D eigenvalue weighted by Gasteiger charge is 2.19. The van der Waals surface area contributed by atoms with Crippen LogP contribution in [0, 0.1) is 0 Å². The predicted octanol–water partition coefficient (Wildman–Crippen LogP) is 6.30. The van der Waals surface area contributed by atoms with Gasteiger partial charge in [-0.05, 0) is 62.2 Å². The molecule has 0 aliphatic heterocycles. The summed E-state index contributed by atoms with van der Waals surface area (Å²) in [6.45, 7) is 13.6. The second kappa shape index (κ2) is 6.15. The van der Waals surface area contributed by atoms with E-state index in [1.165, 1.54) is 32.6 Å². The number of halogens is 1. The molecule has 17 heavy (non-hydrogen) atoms. The summed E-state index contributed by atoms with van der Waals surface area (Å²) in [6, 6.07) is 4.42. The third-order valence-corrected chi connectivity index (χ3v) is 4.16. The Bertz CT molecular complexity index is 381. The first-order chi connectivity index (χ1) is 7.90. The van der Waals surface area contributed by atoms with Crippen LogP contribution in [0.1, 0.15) is 76.0 Å². The van der Waals surface area contributed by atoms with Crippen molar-refractivity contribution in [2.75, 3.05) is 0 Å². The van der Waals surface area contributed by atoms with Crippen molar-refractivity contribution in [2.45, 2.75) is 64.2 Å². The van der Waals surface area contributed by atoms with E-state index in [9.17, 15) is 0 Å². The van der Waals surface area contributed by atoms with Crippen LogP contribution in [0.5, 0.6) is 0 Å². The topological polar surface area (TPSA) is 0 Å².